The van der Waals surface area contributed by atoms with Gasteiger partial charge in [-0.1, -0.05) is 42.8 Å². The summed E-state index contributed by atoms with van der Waals surface area (Å²) in [6, 6.07) is 18.7. The predicted molar refractivity (Wildman–Crippen MR) is 122 cm³/mol. The zero-order valence-corrected chi connectivity index (χ0v) is 18.5. The molecule has 3 aliphatic rings. The van der Waals surface area contributed by atoms with E-state index in [1.54, 1.807) is 25.3 Å². The first kappa shape index (κ1) is 20.1. The summed E-state index contributed by atoms with van der Waals surface area (Å²) in [6.07, 6.45) is 8.95. The Balaban J connectivity index is 1.34. The van der Waals surface area contributed by atoms with Crippen molar-refractivity contribution in [3.05, 3.63) is 65.2 Å². The third-order valence-electron chi connectivity index (χ3n) is 8.20. The lowest BCUT2D eigenvalue weighted by Gasteiger charge is -2.52. The maximum Gasteiger partial charge on any atom is 0.159 e. The third-order valence-corrected chi connectivity index (χ3v) is 8.20. The molecule has 160 valence electrons. The summed E-state index contributed by atoms with van der Waals surface area (Å²) in [4.78, 5) is 2.52. The molecule has 1 spiro atoms. The molecule has 0 amide bonds. The van der Waals surface area contributed by atoms with Crippen molar-refractivity contribution in [1.82, 2.24) is 0 Å². The van der Waals surface area contributed by atoms with Crippen LogP contribution in [0.15, 0.2) is 48.5 Å². The van der Waals surface area contributed by atoms with Crippen molar-refractivity contribution in [2.45, 2.75) is 57.2 Å². The van der Waals surface area contributed by atoms with Gasteiger partial charge in [0.05, 0.1) is 0 Å². The number of anilines is 1. The van der Waals surface area contributed by atoms with Gasteiger partial charge in [-0.2, -0.15) is 0 Å². The van der Waals surface area contributed by atoms with Crippen molar-refractivity contribution in [2.24, 2.45) is 11.3 Å². The summed E-state index contributed by atoms with van der Waals surface area (Å²) in [7, 11) is 3.50. The van der Waals surface area contributed by atoms with Crippen molar-refractivity contribution in [3.63, 3.8) is 0 Å². The normalized spacial score (nSPS) is 23.4. The fourth-order valence-corrected chi connectivity index (χ4v) is 6.39. The molecule has 3 nitrogen and oxygen atoms in total. The molecule has 1 saturated heterocycles. The average Bonchev–Trinajstić information content (AvgIpc) is 2.79. The minimum atomic E-state index is -0.0698. The number of rotatable bonds is 5. The Morgan fingerprint density at radius 2 is 1.60 bits per heavy atom. The zero-order chi connectivity index (χ0) is 20.6. The number of hydrogen-bond acceptors (Lipinski definition) is 3. The van der Waals surface area contributed by atoms with Crippen LogP contribution in [0, 0.1) is 11.3 Å². The number of methoxy groups -OCH3 is 2. The van der Waals surface area contributed by atoms with Gasteiger partial charge in [0, 0.05) is 44.8 Å². The molecular weight excluding hydrogens is 370 g/mol. The molecule has 1 atom stereocenters. The van der Waals surface area contributed by atoms with Gasteiger partial charge in [0.25, 0.3) is 0 Å². The van der Waals surface area contributed by atoms with E-state index >= 15 is 0 Å². The second kappa shape index (κ2) is 8.36. The van der Waals surface area contributed by atoms with E-state index in [1.165, 1.54) is 43.4 Å². The Morgan fingerprint density at radius 3 is 2.23 bits per heavy atom. The van der Waals surface area contributed by atoms with E-state index in [-0.39, 0.29) is 6.29 Å². The van der Waals surface area contributed by atoms with Crippen molar-refractivity contribution >= 4 is 5.69 Å². The van der Waals surface area contributed by atoms with Crippen LogP contribution in [0.1, 0.15) is 61.1 Å². The molecule has 1 heterocycles. The van der Waals surface area contributed by atoms with Gasteiger partial charge in [0.1, 0.15) is 0 Å². The van der Waals surface area contributed by atoms with Crippen molar-refractivity contribution < 1.29 is 9.47 Å². The second-order valence-electron chi connectivity index (χ2n) is 9.60. The van der Waals surface area contributed by atoms with E-state index < -0.39 is 0 Å². The lowest BCUT2D eigenvalue weighted by atomic mass is 9.52. The summed E-state index contributed by atoms with van der Waals surface area (Å²) < 4.78 is 11.0. The van der Waals surface area contributed by atoms with Crippen molar-refractivity contribution in [3.8, 4) is 0 Å². The molecule has 1 aliphatic heterocycles. The van der Waals surface area contributed by atoms with Gasteiger partial charge >= 0.3 is 0 Å². The molecule has 2 fully saturated rings. The fraction of sp³-hybridized carbons (Fsp3) is 0.556. The van der Waals surface area contributed by atoms with Crippen LogP contribution in [0.4, 0.5) is 5.69 Å². The number of hydrogen-bond donors (Lipinski definition) is 0. The van der Waals surface area contributed by atoms with Crippen LogP contribution in [-0.2, 0) is 15.9 Å². The Bertz CT molecular complexity index is 845. The van der Waals surface area contributed by atoms with Gasteiger partial charge in [-0.05, 0) is 72.8 Å². The second-order valence-corrected chi connectivity index (χ2v) is 9.60. The Hall–Kier alpha value is -1.84. The van der Waals surface area contributed by atoms with Gasteiger partial charge in [-0.25, -0.2) is 0 Å². The summed E-state index contributed by atoms with van der Waals surface area (Å²) in [5, 5.41) is 0. The predicted octanol–water partition coefficient (Wildman–Crippen LogP) is 5.77. The third kappa shape index (κ3) is 3.46. The maximum absolute atomic E-state index is 5.49. The monoisotopic (exact) mass is 405 g/mol. The topological polar surface area (TPSA) is 21.7 Å². The van der Waals surface area contributed by atoms with E-state index in [1.807, 2.05) is 0 Å². The van der Waals surface area contributed by atoms with Gasteiger partial charge in [-0.15, -0.1) is 0 Å². The van der Waals surface area contributed by atoms with Gasteiger partial charge < -0.3 is 14.4 Å². The first-order valence-corrected chi connectivity index (χ1v) is 11.7. The SMILES string of the molecule is COC(OC)C1CCN(c2ccc(C3c4ccccc4CCC34CCC4)cc2)CC1. The molecule has 3 heteroatoms. The number of piperidine rings is 1. The summed E-state index contributed by atoms with van der Waals surface area (Å²) >= 11 is 0. The number of ether oxygens (including phenoxy) is 2. The first-order valence-electron chi connectivity index (χ1n) is 11.7. The highest BCUT2D eigenvalue weighted by Gasteiger charge is 2.47. The van der Waals surface area contributed by atoms with E-state index in [0.29, 0.717) is 17.3 Å². The fourth-order valence-electron chi connectivity index (χ4n) is 6.39. The number of benzene rings is 2. The van der Waals surface area contributed by atoms with Gasteiger partial charge in [0.15, 0.2) is 6.29 Å². The number of nitrogens with zero attached hydrogens (tertiary/aromatic N) is 1. The zero-order valence-electron chi connectivity index (χ0n) is 18.5. The van der Waals surface area contributed by atoms with E-state index in [9.17, 15) is 0 Å². The summed E-state index contributed by atoms with van der Waals surface area (Å²) in [6.45, 7) is 2.15. The molecule has 0 bridgehead atoms. The van der Waals surface area contributed by atoms with Crippen molar-refractivity contribution in [1.29, 1.82) is 0 Å². The summed E-state index contributed by atoms with van der Waals surface area (Å²) in [5.74, 6) is 1.06. The Morgan fingerprint density at radius 1 is 0.900 bits per heavy atom. The minimum Gasteiger partial charge on any atom is -0.372 e. The average molecular weight is 406 g/mol. The van der Waals surface area contributed by atoms with Crippen LogP contribution in [0.3, 0.4) is 0 Å². The summed E-state index contributed by atoms with van der Waals surface area (Å²) in [5.41, 5.74) is 6.53. The molecule has 30 heavy (non-hydrogen) atoms. The first-order chi connectivity index (χ1) is 14.7. The van der Waals surface area contributed by atoms with Crippen LogP contribution in [-0.4, -0.2) is 33.6 Å². The lowest BCUT2D eigenvalue weighted by Crippen LogP contribution is -2.40. The minimum absolute atomic E-state index is 0.0698. The molecular formula is C27H35NO2. The van der Waals surface area contributed by atoms with Crippen LogP contribution < -0.4 is 4.90 Å². The molecule has 0 radical (unpaired) electrons. The highest BCUT2D eigenvalue weighted by Crippen LogP contribution is 2.59. The van der Waals surface area contributed by atoms with E-state index in [4.69, 9.17) is 9.47 Å². The van der Waals surface area contributed by atoms with E-state index in [0.717, 1.165) is 25.9 Å². The smallest absolute Gasteiger partial charge is 0.159 e. The van der Waals surface area contributed by atoms with Crippen LogP contribution in [0.5, 0.6) is 0 Å². The standard InChI is InChI=1S/C27H35NO2/c1-29-26(30-2)22-13-18-28(19-14-22)23-10-8-21(9-11-23)25-24-7-4-3-6-20(24)12-17-27(25)15-5-16-27/h3-4,6-11,22,25-26H,5,12-19H2,1-2H3. The Labute approximate surface area is 181 Å². The molecule has 1 unspecified atom stereocenters. The van der Waals surface area contributed by atoms with Crippen LogP contribution >= 0.6 is 0 Å². The maximum atomic E-state index is 5.49. The molecule has 5 rings (SSSR count). The van der Waals surface area contributed by atoms with Crippen LogP contribution in [0.25, 0.3) is 0 Å². The molecule has 1 saturated carbocycles. The van der Waals surface area contributed by atoms with Gasteiger partial charge in [0.2, 0.25) is 0 Å². The Kier molecular flexibility index (Phi) is 5.59. The molecule has 0 aromatic heterocycles. The van der Waals surface area contributed by atoms with E-state index in [2.05, 4.69) is 53.4 Å². The van der Waals surface area contributed by atoms with Gasteiger partial charge in [-0.3, -0.25) is 0 Å². The van der Waals surface area contributed by atoms with Crippen molar-refractivity contribution in [2.75, 3.05) is 32.2 Å². The largest absolute Gasteiger partial charge is 0.372 e. The number of fused-ring (bicyclic) bond motifs is 1. The quantitative estimate of drug-likeness (QED) is 0.590. The molecule has 2 aromatic carbocycles. The number of aryl methyl sites for hydroxylation is 1. The highest BCUT2D eigenvalue weighted by molar-refractivity contribution is 5.51. The molecule has 0 N–H and O–H groups in total. The molecule has 2 aromatic rings. The highest BCUT2D eigenvalue weighted by atomic mass is 16.7. The lowest BCUT2D eigenvalue weighted by molar-refractivity contribution is -0.141. The van der Waals surface area contributed by atoms with Crippen LogP contribution in [0.2, 0.25) is 0 Å². The molecule has 2 aliphatic carbocycles.